The Morgan fingerprint density at radius 1 is 1.37 bits per heavy atom. The minimum absolute atomic E-state index is 0.139. The van der Waals surface area contributed by atoms with Gasteiger partial charge in [-0.15, -0.1) is 6.58 Å². The van der Waals surface area contributed by atoms with Crippen LogP contribution in [0.25, 0.3) is 0 Å². The molecular formula is C15H30N2O2. The Morgan fingerprint density at radius 2 is 2.11 bits per heavy atom. The molecule has 0 amide bonds. The van der Waals surface area contributed by atoms with Crippen molar-refractivity contribution in [2.75, 3.05) is 19.8 Å². The molecule has 1 unspecified atom stereocenters. The molecule has 1 heterocycles. The summed E-state index contributed by atoms with van der Waals surface area (Å²) < 4.78 is 11.5. The summed E-state index contributed by atoms with van der Waals surface area (Å²) in [5, 5.41) is 0. The van der Waals surface area contributed by atoms with E-state index in [9.17, 15) is 0 Å². The number of allylic oxidation sites excluding steroid dienone is 1. The van der Waals surface area contributed by atoms with Crippen molar-refractivity contribution in [2.24, 2.45) is 5.84 Å². The van der Waals surface area contributed by atoms with E-state index in [1.807, 2.05) is 6.08 Å². The predicted molar refractivity (Wildman–Crippen MR) is 78.8 cm³/mol. The van der Waals surface area contributed by atoms with Gasteiger partial charge in [0.05, 0.1) is 11.6 Å². The van der Waals surface area contributed by atoms with Crippen molar-refractivity contribution < 1.29 is 9.47 Å². The normalized spacial score (nSPS) is 20.1. The molecule has 3 N–H and O–H groups in total. The highest BCUT2D eigenvalue weighted by atomic mass is 16.5. The number of hydrogen-bond donors (Lipinski definition) is 2. The quantitative estimate of drug-likeness (QED) is 0.277. The minimum atomic E-state index is -0.139. The van der Waals surface area contributed by atoms with Crippen molar-refractivity contribution in [1.29, 1.82) is 0 Å². The second-order valence-corrected chi connectivity index (χ2v) is 5.26. The summed E-state index contributed by atoms with van der Waals surface area (Å²) in [6.07, 6.45) is 9.63. The van der Waals surface area contributed by atoms with Gasteiger partial charge in [-0.1, -0.05) is 18.9 Å². The van der Waals surface area contributed by atoms with Gasteiger partial charge in [0.15, 0.2) is 0 Å². The Balaban J connectivity index is 2.45. The zero-order valence-corrected chi connectivity index (χ0v) is 12.3. The zero-order valence-electron chi connectivity index (χ0n) is 12.3. The van der Waals surface area contributed by atoms with Crippen LogP contribution in [0.5, 0.6) is 0 Å². The highest BCUT2D eigenvalue weighted by Gasteiger charge is 2.40. The maximum atomic E-state index is 6.06. The fourth-order valence-corrected chi connectivity index (χ4v) is 2.91. The lowest BCUT2D eigenvalue weighted by atomic mass is 9.83. The van der Waals surface area contributed by atoms with E-state index in [1.54, 1.807) is 0 Å². The van der Waals surface area contributed by atoms with E-state index in [4.69, 9.17) is 15.3 Å². The molecule has 0 aliphatic carbocycles. The number of ether oxygens (including phenoxy) is 2. The second-order valence-electron chi connectivity index (χ2n) is 5.26. The van der Waals surface area contributed by atoms with Gasteiger partial charge in [0.1, 0.15) is 0 Å². The number of nitrogens with one attached hydrogen (secondary N) is 1. The van der Waals surface area contributed by atoms with Crippen molar-refractivity contribution in [3.05, 3.63) is 12.7 Å². The first-order valence-electron chi connectivity index (χ1n) is 7.58. The number of unbranched alkanes of at least 4 members (excludes halogenated alkanes) is 3. The summed E-state index contributed by atoms with van der Waals surface area (Å²) in [5.41, 5.74) is 2.85. The third kappa shape index (κ3) is 5.22. The predicted octanol–water partition coefficient (Wildman–Crippen LogP) is 2.54. The Hall–Kier alpha value is -0.420. The van der Waals surface area contributed by atoms with Gasteiger partial charge < -0.3 is 9.47 Å². The van der Waals surface area contributed by atoms with Crippen molar-refractivity contribution in [3.8, 4) is 0 Å². The highest BCUT2D eigenvalue weighted by molar-refractivity contribution is 4.94. The van der Waals surface area contributed by atoms with E-state index >= 15 is 0 Å². The molecule has 0 aromatic carbocycles. The number of nitrogens with two attached hydrogens (primary N) is 1. The van der Waals surface area contributed by atoms with E-state index < -0.39 is 0 Å². The molecule has 0 aromatic rings. The number of rotatable bonds is 10. The monoisotopic (exact) mass is 270 g/mol. The third-order valence-electron chi connectivity index (χ3n) is 4.01. The fraction of sp³-hybridized carbons (Fsp3) is 0.867. The Kier molecular flexibility index (Phi) is 8.30. The molecule has 0 aromatic heterocycles. The van der Waals surface area contributed by atoms with Gasteiger partial charge in [0.2, 0.25) is 0 Å². The van der Waals surface area contributed by atoms with Crippen LogP contribution in [0.1, 0.15) is 51.9 Å². The van der Waals surface area contributed by atoms with Crippen LogP contribution in [0.4, 0.5) is 0 Å². The molecule has 1 aliphatic rings. The first-order valence-corrected chi connectivity index (χ1v) is 7.58. The molecule has 1 saturated heterocycles. The standard InChI is InChI=1S/C15H30N2O2/c1-3-5-6-7-8-9-14(17-16)15(19-4-2)10-12-18-13-11-15/h3,14,17H,1,4-13,16H2,2H3. The minimum Gasteiger partial charge on any atom is -0.381 e. The lowest BCUT2D eigenvalue weighted by Gasteiger charge is -2.43. The average molecular weight is 270 g/mol. The molecular weight excluding hydrogens is 240 g/mol. The van der Waals surface area contributed by atoms with Crippen LogP contribution >= 0.6 is 0 Å². The summed E-state index contributed by atoms with van der Waals surface area (Å²) in [4.78, 5) is 0. The summed E-state index contributed by atoms with van der Waals surface area (Å²) in [7, 11) is 0. The molecule has 0 saturated carbocycles. The van der Waals surface area contributed by atoms with Gasteiger partial charge >= 0.3 is 0 Å². The maximum absolute atomic E-state index is 6.06. The fourth-order valence-electron chi connectivity index (χ4n) is 2.91. The summed E-state index contributed by atoms with van der Waals surface area (Å²) in [5.74, 6) is 5.77. The van der Waals surface area contributed by atoms with E-state index in [0.717, 1.165) is 45.5 Å². The van der Waals surface area contributed by atoms with Gasteiger partial charge in [0, 0.05) is 32.7 Å². The summed E-state index contributed by atoms with van der Waals surface area (Å²) in [6.45, 7) is 8.08. The van der Waals surface area contributed by atoms with Gasteiger partial charge in [0.25, 0.3) is 0 Å². The SMILES string of the molecule is C=CCCCCCC(NN)C1(OCC)CCOCC1. The molecule has 0 radical (unpaired) electrons. The molecule has 4 heteroatoms. The number of hydrogen-bond acceptors (Lipinski definition) is 4. The molecule has 0 spiro atoms. The topological polar surface area (TPSA) is 56.5 Å². The van der Waals surface area contributed by atoms with Crippen LogP contribution in [0.15, 0.2) is 12.7 Å². The van der Waals surface area contributed by atoms with E-state index in [1.165, 1.54) is 19.3 Å². The largest absolute Gasteiger partial charge is 0.381 e. The van der Waals surface area contributed by atoms with Gasteiger partial charge in [-0.25, -0.2) is 0 Å². The zero-order chi connectivity index (χ0) is 14.0. The molecule has 112 valence electrons. The molecule has 4 nitrogen and oxygen atoms in total. The first-order chi connectivity index (χ1) is 9.29. The van der Waals surface area contributed by atoms with Crippen molar-refractivity contribution in [2.45, 2.75) is 63.5 Å². The van der Waals surface area contributed by atoms with Crippen LogP contribution in [-0.4, -0.2) is 31.5 Å². The van der Waals surface area contributed by atoms with Crippen LogP contribution in [0, 0.1) is 0 Å². The molecule has 0 bridgehead atoms. The molecule has 19 heavy (non-hydrogen) atoms. The van der Waals surface area contributed by atoms with Crippen LogP contribution in [-0.2, 0) is 9.47 Å². The summed E-state index contributed by atoms with van der Waals surface area (Å²) >= 11 is 0. The van der Waals surface area contributed by atoms with Gasteiger partial charge in [-0.05, 0) is 26.2 Å². The highest BCUT2D eigenvalue weighted by Crippen LogP contribution is 2.31. The first kappa shape index (κ1) is 16.6. The van der Waals surface area contributed by atoms with E-state index in [-0.39, 0.29) is 11.6 Å². The molecule has 1 aliphatic heterocycles. The smallest absolute Gasteiger partial charge is 0.0891 e. The second kappa shape index (κ2) is 9.48. The van der Waals surface area contributed by atoms with Crippen molar-refractivity contribution in [3.63, 3.8) is 0 Å². The van der Waals surface area contributed by atoms with Crippen LogP contribution in [0.3, 0.4) is 0 Å². The third-order valence-corrected chi connectivity index (χ3v) is 4.01. The molecule has 1 fully saturated rings. The molecule has 1 atom stereocenters. The van der Waals surface area contributed by atoms with Gasteiger partial charge in [-0.2, -0.15) is 0 Å². The Morgan fingerprint density at radius 3 is 2.68 bits per heavy atom. The van der Waals surface area contributed by atoms with Crippen LogP contribution < -0.4 is 11.3 Å². The molecule has 1 rings (SSSR count). The average Bonchev–Trinajstić information content (AvgIpc) is 2.44. The summed E-state index contributed by atoms with van der Waals surface area (Å²) in [6, 6.07) is 0.222. The Labute approximate surface area is 117 Å². The van der Waals surface area contributed by atoms with E-state index in [2.05, 4.69) is 18.9 Å². The van der Waals surface area contributed by atoms with Crippen LogP contribution in [0.2, 0.25) is 0 Å². The van der Waals surface area contributed by atoms with Crippen molar-refractivity contribution in [1.82, 2.24) is 5.43 Å². The maximum Gasteiger partial charge on any atom is 0.0891 e. The number of hydrazine groups is 1. The lowest BCUT2D eigenvalue weighted by molar-refractivity contribution is -0.128. The lowest BCUT2D eigenvalue weighted by Crippen LogP contribution is -2.57. The van der Waals surface area contributed by atoms with Gasteiger partial charge in [-0.3, -0.25) is 11.3 Å². The Bertz CT molecular complexity index is 235. The van der Waals surface area contributed by atoms with E-state index in [0.29, 0.717) is 0 Å². The van der Waals surface area contributed by atoms with Crippen molar-refractivity contribution >= 4 is 0 Å².